The van der Waals surface area contributed by atoms with E-state index in [0.29, 0.717) is 30.0 Å². The summed E-state index contributed by atoms with van der Waals surface area (Å²) >= 11 is 0. The van der Waals surface area contributed by atoms with Gasteiger partial charge in [0.05, 0.1) is 0 Å². The maximum Gasteiger partial charge on any atom is 0.249 e. The maximum absolute atomic E-state index is 12.8. The van der Waals surface area contributed by atoms with Crippen LogP contribution in [0.25, 0.3) is 0 Å². The van der Waals surface area contributed by atoms with Crippen molar-refractivity contribution in [1.29, 1.82) is 0 Å². The van der Waals surface area contributed by atoms with Crippen molar-refractivity contribution in [3.8, 4) is 0 Å². The molecule has 2 heterocycles. The lowest BCUT2D eigenvalue weighted by molar-refractivity contribution is -0.124. The third kappa shape index (κ3) is 5.06. The molecule has 1 aliphatic heterocycles. The molecule has 3 atom stereocenters. The smallest absolute Gasteiger partial charge is 0.249 e. The van der Waals surface area contributed by atoms with E-state index in [9.17, 15) is 4.79 Å². The summed E-state index contributed by atoms with van der Waals surface area (Å²) in [5, 5.41) is 7.32. The second-order valence-corrected chi connectivity index (χ2v) is 8.48. The summed E-state index contributed by atoms with van der Waals surface area (Å²) in [5.74, 6) is 3.10. The lowest BCUT2D eigenvalue weighted by Crippen LogP contribution is -2.37. The second kappa shape index (κ2) is 8.98. The molecule has 0 unspecified atom stereocenters. The van der Waals surface area contributed by atoms with E-state index < -0.39 is 0 Å². The molecule has 1 saturated carbocycles. The molecular weight excluding hydrogens is 330 g/mol. The SMILES string of the molecule is CC(C)c1noc([C@@H](NC(=O)C[C@H]2CCC[C@@H](C)C2)C2CCOCC2)n1. The Morgan fingerprint density at radius 2 is 2.00 bits per heavy atom. The van der Waals surface area contributed by atoms with Gasteiger partial charge in [-0.2, -0.15) is 4.98 Å². The molecule has 0 bridgehead atoms. The van der Waals surface area contributed by atoms with Crippen molar-refractivity contribution in [1.82, 2.24) is 15.5 Å². The minimum atomic E-state index is -0.201. The molecule has 0 radical (unpaired) electrons. The predicted molar refractivity (Wildman–Crippen MR) is 98.6 cm³/mol. The highest BCUT2D eigenvalue weighted by Gasteiger charge is 2.32. The van der Waals surface area contributed by atoms with Crippen molar-refractivity contribution in [2.75, 3.05) is 13.2 Å². The molecule has 0 aromatic carbocycles. The summed E-state index contributed by atoms with van der Waals surface area (Å²) in [6.07, 6.45) is 7.28. The Morgan fingerprint density at radius 1 is 1.23 bits per heavy atom. The Bertz CT molecular complexity index is 581. The first-order chi connectivity index (χ1) is 12.5. The molecule has 1 aliphatic carbocycles. The Hall–Kier alpha value is -1.43. The molecule has 26 heavy (non-hydrogen) atoms. The molecule has 1 amide bonds. The summed E-state index contributed by atoms with van der Waals surface area (Å²) in [4.78, 5) is 17.3. The van der Waals surface area contributed by atoms with Gasteiger partial charge in [-0.05, 0) is 43.4 Å². The number of amides is 1. The molecule has 2 fully saturated rings. The fourth-order valence-electron chi connectivity index (χ4n) is 4.28. The van der Waals surface area contributed by atoms with Gasteiger partial charge in [-0.25, -0.2) is 0 Å². The van der Waals surface area contributed by atoms with E-state index in [1.165, 1.54) is 12.8 Å². The molecular formula is C20H33N3O3. The summed E-state index contributed by atoms with van der Waals surface area (Å²) in [5.41, 5.74) is 0. The van der Waals surface area contributed by atoms with Crippen LogP contribution in [0.15, 0.2) is 4.52 Å². The highest BCUT2D eigenvalue weighted by molar-refractivity contribution is 5.76. The molecule has 3 rings (SSSR count). The fraction of sp³-hybridized carbons (Fsp3) is 0.850. The zero-order valence-electron chi connectivity index (χ0n) is 16.4. The van der Waals surface area contributed by atoms with Gasteiger partial charge in [-0.1, -0.05) is 38.8 Å². The van der Waals surface area contributed by atoms with Crippen LogP contribution in [0.3, 0.4) is 0 Å². The highest BCUT2D eigenvalue weighted by Crippen LogP contribution is 2.33. The van der Waals surface area contributed by atoms with Crippen LogP contribution >= 0.6 is 0 Å². The van der Waals surface area contributed by atoms with E-state index in [1.54, 1.807) is 0 Å². The number of aromatic nitrogens is 2. The van der Waals surface area contributed by atoms with Crippen LogP contribution in [-0.2, 0) is 9.53 Å². The quantitative estimate of drug-likeness (QED) is 0.827. The van der Waals surface area contributed by atoms with Crippen LogP contribution < -0.4 is 5.32 Å². The van der Waals surface area contributed by atoms with Crippen LogP contribution in [0.1, 0.15) is 89.4 Å². The zero-order chi connectivity index (χ0) is 18.5. The number of hydrogen-bond donors (Lipinski definition) is 1. The largest absolute Gasteiger partial charge is 0.381 e. The van der Waals surface area contributed by atoms with Crippen LogP contribution in [0.2, 0.25) is 0 Å². The van der Waals surface area contributed by atoms with Gasteiger partial charge in [-0.3, -0.25) is 4.79 Å². The van der Waals surface area contributed by atoms with Crippen molar-refractivity contribution in [3.05, 3.63) is 11.7 Å². The molecule has 1 N–H and O–H groups in total. The maximum atomic E-state index is 12.8. The summed E-state index contributed by atoms with van der Waals surface area (Å²) in [6.45, 7) is 7.83. The van der Waals surface area contributed by atoms with E-state index in [1.807, 2.05) is 13.8 Å². The average molecular weight is 364 g/mol. The molecule has 146 valence electrons. The highest BCUT2D eigenvalue weighted by atomic mass is 16.5. The van der Waals surface area contributed by atoms with E-state index in [4.69, 9.17) is 9.26 Å². The van der Waals surface area contributed by atoms with Crippen molar-refractivity contribution >= 4 is 5.91 Å². The number of carbonyl (C=O) groups excluding carboxylic acids is 1. The molecule has 1 saturated heterocycles. The number of nitrogens with zero attached hydrogens (tertiary/aromatic N) is 2. The molecule has 1 aromatic heterocycles. The molecule has 2 aliphatic rings. The first-order valence-corrected chi connectivity index (χ1v) is 10.2. The third-order valence-electron chi connectivity index (χ3n) is 5.81. The lowest BCUT2D eigenvalue weighted by atomic mass is 9.80. The number of nitrogens with one attached hydrogen (secondary N) is 1. The topological polar surface area (TPSA) is 77.2 Å². The molecule has 1 aromatic rings. The van der Waals surface area contributed by atoms with Crippen molar-refractivity contribution < 1.29 is 14.1 Å². The summed E-state index contributed by atoms with van der Waals surface area (Å²) in [7, 11) is 0. The van der Waals surface area contributed by atoms with Gasteiger partial charge < -0.3 is 14.6 Å². The van der Waals surface area contributed by atoms with Gasteiger partial charge in [0.25, 0.3) is 0 Å². The Kier molecular flexibility index (Phi) is 6.68. The second-order valence-electron chi connectivity index (χ2n) is 8.48. The minimum absolute atomic E-state index is 0.116. The summed E-state index contributed by atoms with van der Waals surface area (Å²) < 4.78 is 11.0. The van der Waals surface area contributed by atoms with Crippen LogP contribution in [-0.4, -0.2) is 29.3 Å². The molecule has 6 heteroatoms. The van der Waals surface area contributed by atoms with Crippen molar-refractivity contribution in [2.45, 2.75) is 77.7 Å². The Labute approximate surface area is 156 Å². The van der Waals surface area contributed by atoms with Crippen LogP contribution in [0, 0.1) is 17.8 Å². The first-order valence-electron chi connectivity index (χ1n) is 10.2. The first kappa shape index (κ1) is 19.3. The van der Waals surface area contributed by atoms with E-state index >= 15 is 0 Å². The van der Waals surface area contributed by atoms with Crippen molar-refractivity contribution in [3.63, 3.8) is 0 Å². The molecule has 0 spiro atoms. The average Bonchev–Trinajstić information content (AvgIpc) is 3.10. The minimum Gasteiger partial charge on any atom is -0.381 e. The lowest BCUT2D eigenvalue weighted by Gasteiger charge is -2.30. The van der Waals surface area contributed by atoms with E-state index in [0.717, 1.165) is 44.8 Å². The predicted octanol–water partition coefficient (Wildman–Crippen LogP) is 3.99. The number of ether oxygens (including phenoxy) is 1. The van der Waals surface area contributed by atoms with Crippen molar-refractivity contribution in [2.24, 2.45) is 17.8 Å². The third-order valence-corrected chi connectivity index (χ3v) is 5.81. The van der Waals surface area contributed by atoms with E-state index in [-0.39, 0.29) is 17.9 Å². The fourth-order valence-corrected chi connectivity index (χ4v) is 4.28. The summed E-state index contributed by atoms with van der Waals surface area (Å²) in [6, 6.07) is -0.201. The monoisotopic (exact) mass is 363 g/mol. The van der Waals surface area contributed by atoms with Gasteiger partial charge in [-0.15, -0.1) is 0 Å². The van der Waals surface area contributed by atoms with Gasteiger partial charge in [0, 0.05) is 25.6 Å². The number of carbonyl (C=O) groups is 1. The van der Waals surface area contributed by atoms with Gasteiger partial charge >= 0.3 is 0 Å². The number of hydrogen-bond acceptors (Lipinski definition) is 5. The number of rotatable bonds is 6. The van der Waals surface area contributed by atoms with Crippen LogP contribution in [0.4, 0.5) is 0 Å². The van der Waals surface area contributed by atoms with Gasteiger partial charge in [0.1, 0.15) is 6.04 Å². The van der Waals surface area contributed by atoms with Gasteiger partial charge in [0.15, 0.2) is 5.82 Å². The Morgan fingerprint density at radius 3 is 2.65 bits per heavy atom. The standard InChI is InChI=1S/C20H33N3O3/c1-13(2)19-22-20(26-23-19)18(16-7-9-25-10-8-16)21-17(24)12-15-6-4-5-14(3)11-15/h13-16,18H,4-12H2,1-3H3,(H,21,24)/t14-,15+,18+/m1/s1. The van der Waals surface area contributed by atoms with Crippen LogP contribution in [0.5, 0.6) is 0 Å². The van der Waals surface area contributed by atoms with Gasteiger partial charge in [0.2, 0.25) is 11.8 Å². The normalized spacial score (nSPS) is 26.0. The Balaban J connectivity index is 1.67. The molecule has 6 nitrogen and oxygen atoms in total. The van der Waals surface area contributed by atoms with E-state index in [2.05, 4.69) is 22.4 Å². The zero-order valence-corrected chi connectivity index (χ0v) is 16.4.